The van der Waals surface area contributed by atoms with Crippen LogP contribution in [0.3, 0.4) is 0 Å². The molecule has 2 aromatic rings. The van der Waals surface area contributed by atoms with Crippen molar-refractivity contribution in [1.29, 1.82) is 0 Å². The molecule has 0 saturated heterocycles. The summed E-state index contributed by atoms with van der Waals surface area (Å²) in [5.74, 6) is 0.686. The second-order valence-corrected chi connectivity index (χ2v) is 6.00. The van der Waals surface area contributed by atoms with Gasteiger partial charge in [0.15, 0.2) is 5.13 Å². The zero-order chi connectivity index (χ0) is 16.1. The van der Waals surface area contributed by atoms with Crippen molar-refractivity contribution in [1.82, 2.24) is 4.98 Å². The number of amides is 1. The molecule has 1 aromatic heterocycles. The average Bonchev–Trinajstić information content (AvgIpc) is 3.01. The summed E-state index contributed by atoms with van der Waals surface area (Å²) in [5.41, 5.74) is 7.60. The Morgan fingerprint density at radius 2 is 2.13 bits per heavy atom. The Labute approximate surface area is 146 Å². The van der Waals surface area contributed by atoms with E-state index in [0.29, 0.717) is 5.13 Å². The van der Waals surface area contributed by atoms with Crippen LogP contribution in [-0.4, -0.2) is 24.0 Å². The van der Waals surface area contributed by atoms with Crippen LogP contribution in [0.5, 0.6) is 5.75 Å². The molecule has 2 rings (SSSR count). The highest BCUT2D eigenvalue weighted by Crippen LogP contribution is 2.31. The maximum atomic E-state index is 12.1. The Hall–Kier alpha value is -1.63. The molecule has 0 radical (unpaired) electrons. The summed E-state index contributed by atoms with van der Waals surface area (Å²) in [7, 11) is 1.62. The number of ether oxygens (including phenoxy) is 1. The van der Waals surface area contributed by atoms with E-state index in [1.807, 2.05) is 43.5 Å². The molecule has 126 valence electrons. The summed E-state index contributed by atoms with van der Waals surface area (Å²) >= 11 is 1.37. The van der Waals surface area contributed by atoms with Crippen LogP contribution < -0.4 is 15.8 Å². The fourth-order valence-electron chi connectivity index (χ4n) is 2.01. The van der Waals surface area contributed by atoms with E-state index < -0.39 is 6.04 Å². The summed E-state index contributed by atoms with van der Waals surface area (Å²) in [5, 5.41) is 5.22. The molecule has 1 heterocycles. The molecule has 2 unspecified atom stereocenters. The monoisotopic (exact) mass is 355 g/mol. The van der Waals surface area contributed by atoms with Crippen LogP contribution in [0.25, 0.3) is 11.3 Å². The average molecular weight is 356 g/mol. The van der Waals surface area contributed by atoms with Crippen LogP contribution in [0.4, 0.5) is 5.13 Å². The molecule has 5 nitrogen and oxygen atoms in total. The number of hydrogen-bond acceptors (Lipinski definition) is 5. The van der Waals surface area contributed by atoms with E-state index in [1.54, 1.807) is 7.11 Å². The first-order valence-corrected chi connectivity index (χ1v) is 8.10. The van der Waals surface area contributed by atoms with Gasteiger partial charge in [-0.15, -0.1) is 23.7 Å². The van der Waals surface area contributed by atoms with E-state index in [9.17, 15) is 4.79 Å². The molecule has 1 amide bonds. The maximum absolute atomic E-state index is 12.1. The van der Waals surface area contributed by atoms with Crippen molar-refractivity contribution in [2.45, 2.75) is 26.3 Å². The van der Waals surface area contributed by atoms with Crippen molar-refractivity contribution >= 4 is 34.8 Å². The highest BCUT2D eigenvalue weighted by Gasteiger charge is 2.20. The molecular weight excluding hydrogens is 334 g/mol. The van der Waals surface area contributed by atoms with Crippen molar-refractivity contribution in [2.75, 3.05) is 12.4 Å². The smallest absolute Gasteiger partial charge is 0.243 e. The molecule has 0 aliphatic heterocycles. The van der Waals surface area contributed by atoms with Crippen LogP contribution in [-0.2, 0) is 4.79 Å². The molecule has 0 fully saturated rings. The van der Waals surface area contributed by atoms with E-state index in [2.05, 4.69) is 10.3 Å². The van der Waals surface area contributed by atoms with Gasteiger partial charge in [0.2, 0.25) is 5.91 Å². The number of anilines is 1. The summed E-state index contributed by atoms with van der Waals surface area (Å²) in [4.78, 5) is 16.5. The Morgan fingerprint density at radius 3 is 2.78 bits per heavy atom. The number of aromatic nitrogens is 1. The van der Waals surface area contributed by atoms with Gasteiger partial charge in [-0.2, -0.15) is 0 Å². The van der Waals surface area contributed by atoms with Gasteiger partial charge in [-0.25, -0.2) is 4.98 Å². The van der Waals surface area contributed by atoms with Gasteiger partial charge in [0.1, 0.15) is 5.75 Å². The summed E-state index contributed by atoms with van der Waals surface area (Å²) < 4.78 is 5.33. The lowest BCUT2D eigenvalue weighted by molar-refractivity contribution is -0.118. The zero-order valence-corrected chi connectivity index (χ0v) is 15.0. The van der Waals surface area contributed by atoms with E-state index in [1.165, 1.54) is 11.3 Å². The standard InChI is InChI=1S/C16H21N3O2S.ClH/c1-4-10(2)14(17)15(20)19-16-18-12(9-22-16)11-7-5-6-8-13(11)21-3;/h5-10,14H,4,17H2,1-3H3,(H,18,19,20);1H. The summed E-state index contributed by atoms with van der Waals surface area (Å²) in [6.45, 7) is 3.98. The number of rotatable bonds is 6. The Morgan fingerprint density at radius 1 is 1.43 bits per heavy atom. The van der Waals surface area contributed by atoms with Gasteiger partial charge in [0.05, 0.1) is 18.8 Å². The van der Waals surface area contributed by atoms with Crippen molar-refractivity contribution in [3.8, 4) is 17.0 Å². The van der Waals surface area contributed by atoms with Crippen molar-refractivity contribution in [3.05, 3.63) is 29.6 Å². The van der Waals surface area contributed by atoms with Crippen molar-refractivity contribution < 1.29 is 9.53 Å². The first-order chi connectivity index (χ1) is 10.6. The van der Waals surface area contributed by atoms with Gasteiger partial charge in [-0.1, -0.05) is 32.4 Å². The molecule has 0 aliphatic rings. The number of nitrogens with one attached hydrogen (secondary N) is 1. The number of nitrogens with zero attached hydrogens (tertiary/aromatic N) is 1. The Bertz CT molecular complexity index is 648. The zero-order valence-electron chi connectivity index (χ0n) is 13.4. The van der Waals surface area contributed by atoms with E-state index >= 15 is 0 Å². The number of carbonyl (C=O) groups is 1. The molecule has 3 N–H and O–H groups in total. The molecule has 1 aromatic carbocycles. The number of nitrogens with two attached hydrogens (primary N) is 1. The molecule has 7 heteroatoms. The topological polar surface area (TPSA) is 77.2 Å². The van der Waals surface area contributed by atoms with Crippen LogP contribution in [0.15, 0.2) is 29.6 Å². The van der Waals surface area contributed by atoms with Gasteiger partial charge in [0.25, 0.3) is 0 Å². The minimum absolute atomic E-state index is 0. The lowest BCUT2D eigenvalue weighted by Crippen LogP contribution is -2.40. The predicted molar refractivity (Wildman–Crippen MR) is 97.4 cm³/mol. The lowest BCUT2D eigenvalue weighted by atomic mass is 10.00. The van der Waals surface area contributed by atoms with Gasteiger partial charge in [-0.05, 0) is 18.1 Å². The minimum atomic E-state index is -0.524. The Balaban J connectivity index is 0.00000264. The fraction of sp³-hybridized carbons (Fsp3) is 0.375. The lowest BCUT2D eigenvalue weighted by Gasteiger charge is -2.16. The summed E-state index contributed by atoms with van der Waals surface area (Å²) in [6, 6.07) is 7.12. The second-order valence-electron chi connectivity index (χ2n) is 5.14. The minimum Gasteiger partial charge on any atom is -0.496 e. The largest absolute Gasteiger partial charge is 0.496 e. The molecule has 0 saturated carbocycles. The van der Waals surface area contributed by atoms with Gasteiger partial charge < -0.3 is 15.8 Å². The third kappa shape index (κ3) is 4.67. The Kier molecular flexibility index (Phi) is 7.48. The third-order valence-electron chi connectivity index (χ3n) is 3.68. The van der Waals surface area contributed by atoms with Crippen LogP contribution in [0, 0.1) is 5.92 Å². The quantitative estimate of drug-likeness (QED) is 0.830. The number of methoxy groups -OCH3 is 1. The van der Waals surface area contributed by atoms with Crippen LogP contribution >= 0.6 is 23.7 Å². The maximum Gasteiger partial charge on any atom is 0.243 e. The third-order valence-corrected chi connectivity index (χ3v) is 4.43. The first-order valence-electron chi connectivity index (χ1n) is 7.22. The summed E-state index contributed by atoms with van der Waals surface area (Å²) in [6.07, 6.45) is 0.860. The molecule has 0 aliphatic carbocycles. The molecule has 0 bridgehead atoms. The van der Waals surface area contributed by atoms with Crippen molar-refractivity contribution in [3.63, 3.8) is 0 Å². The van der Waals surface area contributed by atoms with E-state index in [4.69, 9.17) is 10.5 Å². The highest BCUT2D eigenvalue weighted by atomic mass is 35.5. The number of thiazole rings is 1. The highest BCUT2D eigenvalue weighted by molar-refractivity contribution is 7.14. The van der Waals surface area contributed by atoms with E-state index in [-0.39, 0.29) is 24.2 Å². The van der Waals surface area contributed by atoms with Crippen LogP contribution in [0.1, 0.15) is 20.3 Å². The van der Waals surface area contributed by atoms with Crippen molar-refractivity contribution in [2.24, 2.45) is 11.7 Å². The number of benzene rings is 1. The number of carbonyl (C=O) groups excluding carboxylic acids is 1. The first kappa shape index (κ1) is 19.4. The van der Waals surface area contributed by atoms with E-state index in [0.717, 1.165) is 23.4 Å². The molecule has 0 spiro atoms. The molecular formula is C16H22ClN3O2S. The molecule has 2 atom stereocenters. The second kappa shape index (κ2) is 8.86. The number of hydrogen-bond donors (Lipinski definition) is 2. The SMILES string of the molecule is CCC(C)C(N)C(=O)Nc1nc(-c2ccccc2OC)cs1.Cl. The number of para-hydroxylation sites is 1. The predicted octanol–water partition coefficient (Wildman–Crippen LogP) is 3.55. The van der Waals surface area contributed by atoms with Crippen LogP contribution in [0.2, 0.25) is 0 Å². The fourth-order valence-corrected chi connectivity index (χ4v) is 2.73. The number of halogens is 1. The van der Waals surface area contributed by atoms with Gasteiger partial charge in [0, 0.05) is 10.9 Å². The van der Waals surface area contributed by atoms with Gasteiger partial charge >= 0.3 is 0 Å². The molecule has 23 heavy (non-hydrogen) atoms. The normalized spacial score (nSPS) is 12.9. The van der Waals surface area contributed by atoms with Gasteiger partial charge in [-0.3, -0.25) is 4.79 Å².